The molecular weight excluding hydrogens is 464 g/mol. The highest BCUT2D eigenvalue weighted by atomic mass is 16.5. The predicted molar refractivity (Wildman–Crippen MR) is 133 cm³/mol. The van der Waals surface area contributed by atoms with E-state index in [9.17, 15) is 19.5 Å². The Hall–Kier alpha value is -3.92. The Bertz CT molecular complexity index is 1380. The summed E-state index contributed by atoms with van der Waals surface area (Å²) in [7, 11) is 0. The average molecular weight is 495 g/mol. The summed E-state index contributed by atoms with van der Waals surface area (Å²) in [6.07, 6.45) is 1.78. The molecule has 2 N–H and O–H groups in total. The maximum absolute atomic E-state index is 13.3. The van der Waals surface area contributed by atoms with Gasteiger partial charge in [-0.05, 0) is 36.8 Å². The van der Waals surface area contributed by atoms with Crippen molar-refractivity contribution in [3.05, 3.63) is 86.2 Å². The van der Waals surface area contributed by atoms with Crippen LogP contribution in [0.15, 0.2) is 63.1 Å². The van der Waals surface area contributed by atoms with E-state index in [4.69, 9.17) is 9.47 Å². The van der Waals surface area contributed by atoms with Gasteiger partial charge in [0.15, 0.2) is 0 Å². The third-order valence-corrected chi connectivity index (χ3v) is 6.06. The maximum atomic E-state index is 13.3. The summed E-state index contributed by atoms with van der Waals surface area (Å²) in [6, 6.07) is 14.7. The Kier molecular flexibility index (Phi) is 7.84. The molecule has 1 saturated heterocycles. The number of aromatic nitrogens is 3. The van der Waals surface area contributed by atoms with Gasteiger partial charge in [0.1, 0.15) is 11.9 Å². The van der Waals surface area contributed by atoms with Crippen LogP contribution in [0.5, 0.6) is 5.75 Å². The van der Waals surface area contributed by atoms with Crippen molar-refractivity contribution < 1.29 is 19.4 Å². The lowest BCUT2D eigenvalue weighted by atomic mass is 10.1. The second-order valence-electron chi connectivity index (χ2n) is 8.99. The quantitative estimate of drug-likeness (QED) is 0.494. The highest BCUT2D eigenvalue weighted by Crippen LogP contribution is 2.21. The lowest BCUT2D eigenvalue weighted by Crippen LogP contribution is -2.51. The number of hydrogen-bond donors (Lipinski definition) is 2. The Morgan fingerprint density at radius 1 is 1.11 bits per heavy atom. The molecule has 3 aromatic rings. The van der Waals surface area contributed by atoms with Gasteiger partial charge in [-0.15, -0.1) is 0 Å². The van der Waals surface area contributed by atoms with E-state index < -0.39 is 23.3 Å². The summed E-state index contributed by atoms with van der Waals surface area (Å²) < 4.78 is 13.6. The molecule has 0 amide bonds. The molecule has 10 nitrogen and oxygen atoms in total. The van der Waals surface area contributed by atoms with Gasteiger partial charge >= 0.3 is 17.3 Å². The van der Waals surface area contributed by atoms with Crippen LogP contribution in [0.1, 0.15) is 30.9 Å². The number of hydrogen-bond acceptors (Lipinski definition) is 6. The van der Waals surface area contributed by atoms with Crippen LogP contribution >= 0.6 is 0 Å². The molecule has 1 aliphatic heterocycles. The monoisotopic (exact) mass is 494 g/mol. The fraction of sp³-hybridized carbons (Fsp3) is 0.385. The van der Waals surface area contributed by atoms with Gasteiger partial charge in [0, 0.05) is 19.4 Å². The summed E-state index contributed by atoms with van der Waals surface area (Å²) in [5.41, 5.74) is 1.16. The van der Waals surface area contributed by atoms with Crippen LogP contribution in [-0.4, -0.2) is 44.5 Å². The van der Waals surface area contributed by atoms with Gasteiger partial charge in [-0.3, -0.25) is 14.3 Å². The second kappa shape index (κ2) is 11.2. The number of benzene rings is 2. The molecule has 1 aromatic heterocycles. The normalized spacial score (nSPS) is 15.6. The van der Waals surface area contributed by atoms with Gasteiger partial charge in [0.2, 0.25) is 5.62 Å². The first-order valence-electron chi connectivity index (χ1n) is 11.9. The van der Waals surface area contributed by atoms with Crippen molar-refractivity contribution in [2.75, 3.05) is 13.2 Å². The summed E-state index contributed by atoms with van der Waals surface area (Å²) in [6.45, 7) is 4.68. The van der Waals surface area contributed by atoms with Crippen molar-refractivity contribution >= 4 is 11.7 Å². The first-order chi connectivity index (χ1) is 17.3. The van der Waals surface area contributed by atoms with Crippen molar-refractivity contribution in [2.45, 2.75) is 45.9 Å². The van der Waals surface area contributed by atoms with E-state index in [0.29, 0.717) is 24.7 Å². The van der Waals surface area contributed by atoms with Crippen LogP contribution < -0.4 is 21.7 Å². The minimum absolute atomic E-state index is 0.0721. The Morgan fingerprint density at radius 3 is 2.42 bits per heavy atom. The fourth-order valence-corrected chi connectivity index (χ4v) is 3.88. The van der Waals surface area contributed by atoms with Crippen LogP contribution in [0, 0.1) is 12.8 Å². The molecule has 2 aromatic carbocycles. The molecular formula is C26H30N4O6. The summed E-state index contributed by atoms with van der Waals surface area (Å²) in [4.78, 5) is 44.6. The highest BCUT2D eigenvalue weighted by molar-refractivity contribution is 5.69. The van der Waals surface area contributed by atoms with Gasteiger partial charge in [0.25, 0.3) is 0 Å². The molecule has 1 aliphatic rings. The first kappa shape index (κ1) is 25.2. The number of carboxylic acid groups (broad SMARTS) is 1. The second-order valence-corrected chi connectivity index (χ2v) is 8.99. The number of H-pyrrole nitrogens is 1. The number of carbonyl (C=O) groups is 1. The number of carboxylic acids is 1. The van der Waals surface area contributed by atoms with Crippen LogP contribution in [0.25, 0.3) is 0 Å². The molecule has 2 heterocycles. The van der Waals surface area contributed by atoms with Crippen molar-refractivity contribution in [3.8, 4) is 5.75 Å². The van der Waals surface area contributed by atoms with Crippen molar-refractivity contribution in [1.29, 1.82) is 0 Å². The SMILES string of the molecule is Cc1ccc(Cn2c(=O)n(C[C@H](C)C(=O)O)c(=O)[nH]/c2=N\c2ccc(OC3CCOCC3)cc2)cc1. The third-order valence-electron chi connectivity index (χ3n) is 6.06. The van der Waals surface area contributed by atoms with Gasteiger partial charge in [-0.1, -0.05) is 36.8 Å². The summed E-state index contributed by atoms with van der Waals surface area (Å²) >= 11 is 0. The van der Waals surface area contributed by atoms with Gasteiger partial charge in [-0.25, -0.2) is 19.1 Å². The van der Waals surface area contributed by atoms with Crippen LogP contribution in [0.2, 0.25) is 0 Å². The van der Waals surface area contributed by atoms with E-state index in [1.54, 1.807) is 24.3 Å². The zero-order valence-corrected chi connectivity index (χ0v) is 20.3. The predicted octanol–water partition coefficient (Wildman–Crippen LogP) is 2.21. The summed E-state index contributed by atoms with van der Waals surface area (Å²) in [5.74, 6) is -1.30. The number of aryl methyl sites for hydroxylation is 1. The Labute approximate surface area is 207 Å². The minimum atomic E-state index is -1.09. The number of aromatic amines is 1. The van der Waals surface area contributed by atoms with E-state index in [1.807, 2.05) is 31.2 Å². The van der Waals surface area contributed by atoms with E-state index in [-0.39, 0.29) is 24.8 Å². The molecule has 0 spiro atoms. The molecule has 0 bridgehead atoms. The molecule has 4 rings (SSSR count). The average Bonchev–Trinajstić information content (AvgIpc) is 2.87. The maximum Gasteiger partial charge on any atom is 0.335 e. The van der Waals surface area contributed by atoms with E-state index in [1.165, 1.54) is 11.5 Å². The molecule has 0 aliphatic carbocycles. The third kappa shape index (κ3) is 6.19. The lowest BCUT2D eigenvalue weighted by Gasteiger charge is -2.23. The van der Waals surface area contributed by atoms with Crippen LogP contribution in [0.3, 0.4) is 0 Å². The first-order valence-corrected chi connectivity index (χ1v) is 11.9. The van der Waals surface area contributed by atoms with Gasteiger partial charge in [0.05, 0.1) is 31.4 Å². The van der Waals surface area contributed by atoms with Crippen molar-refractivity contribution in [3.63, 3.8) is 0 Å². The van der Waals surface area contributed by atoms with Crippen LogP contribution in [-0.2, 0) is 22.6 Å². The number of aliphatic carboxylic acids is 1. The zero-order valence-electron chi connectivity index (χ0n) is 20.3. The largest absolute Gasteiger partial charge is 0.490 e. The van der Waals surface area contributed by atoms with Crippen molar-refractivity contribution in [1.82, 2.24) is 14.1 Å². The lowest BCUT2D eigenvalue weighted by molar-refractivity contribution is -0.141. The molecule has 190 valence electrons. The van der Waals surface area contributed by atoms with Crippen LogP contribution in [0.4, 0.5) is 5.69 Å². The molecule has 0 radical (unpaired) electrons. The highest BCUT2D eigenvalue weighted by Gasteiger charge is 2.17. The Morgan fingerprint density at radius 2 is 1.78 bits per heavy atom. The van der Waals surface area contributed by atoms with E-state index in [2.05, 4.69) is 9.98 Å². The number of rotatable bonds is 8. The smallest absolute Gasteiger partial charge is 0.335 e. The van der Waals surface area contributed by atoms with Gasteiger partial charge in [-0.2, -0.15) is 0 Å². The molecule has 36 heavy (non-hydrogen) atoms. The summed E-state index contributed by atoms with van der Waals surface area (Å²) in [5, 5.41) is 9.26. The number of ether oxygens (including phenoxy) is 2. The van der Waals surface area contributed by atoms with Gasteiger partial charge < -0.3 is 14.6 Å². The number of nitrogens with zero attached hydrogens (tertiary/aromatic N) is 3. The zero-order chi connectivity index (χ0) is 25.7. The van der Waals surface area contributed by atoms with Crippen molar-refractivity contribution in [2.24, 2.45) is 10.9 Å². The Balaban J connectivity index is 1.71. The topological polar surface area (TPSA) is 128 Å². The molecule has 0 unspecified atom stereocenters. The molecule has 10 heteroatoms. The standard InChI is InChI=1S/C26H30N4O6/c1-17-3-5-19(6-4-17)16-29-24(28-25(33)30(26(29)34)15-18(2)23(31)32)27-20-7-9-21(10-8-20)36-22-11-13-35-14-12-22/h3-10,18,22H,11-16H2,1-2H3,(H,31,32)(H,27,28,33)/t18-/m0/s1. The minimum Gasteiger partial charge on any atom is -0.490 e. The fourth-order valence-electron chi connectivity index (χ4n) is 3.88. The number of nitrogens with one attached hydrogen (secondary N) is 1. The van der Waals surface area contributed by atoms with E-state index >= 15 is 0 Å². The van der Waals surface area contributed by atoms with E-state index in [0.717, 1.165) is 28.5 Å². The molecule has 1 atom stereocenters. The molecule has 1 fully saturated rings. The molecule has 0 saturated carbocycles.